The number of amides is 3. The third-order valence-corrected chi connectivity index (χ3v) is 6.28. The number of aromatic amines is 1. The Bertz CT molecular complexity index is 1490. The zero-order valence-electron chi connectivity index (χ0n) is 18.6. The largest absolute Gasteiger partial charge is 0.354 e. The molecule has 9 nitrogen and oxygen atoms in total. The molecule has 5 rings (SSSR count). The van der Waals surface area contributed by atoms with E-state index >= 15 is 0 Å². The first-order valence-electron chi connectivity index (χ1n) is 10.9. The van der Waals surface area contributed by atoms with Crippen molar-refractivity contribution in [3.8, 4) is 11.3 Å². The topological polar surface area (TPSA) is 125 Å². The number of hydrogen-bond donors (Lipinski definition) is 2. The molecule has 0 spiro atoms. The maximum Gasteiger partial charge on any atom is 0.325 e. The van der Waals surface area contributed by atoms with E-state index in [2.05, 4.69) is 10.3 Å². The molecule has 3 amide bonds. The predicted molar refractivity (Wildman–Crippen MR) is 129 cm³/mol. The number of nitro benzene ring substituents is 1. The average Bonchev–Trinajstić information content (AvgIpc) is 3.36. The summed E-state index contributed by atoms with van der Waals surface area (Å²) in [4.78, 5) is 54.3. The highest BCUT2D eigenvalue weighted by Crippen LogP contribution is 2.33. The van der Waals surface area contributed by atoms with Crippen molar-refractivity contribution in [3.63, 3.8) is 0 Å². The number of non-ortho nitro benzene ring substituents is 1. The van der Waals surface area contributed by atoms with Crippen LogP contribution >= 0.6 is 0 Å². The van der Waals surface area contributed by atoms with Crippen molar-refractivity contribution >= 4 is 34.3 Å². The number of rotatable bonds is 6. The Morgan fingerprint density at radius 2 is 1.63 bits per heavy atom. The number of fused-ring (bicyclic) bond motifs is 1. The summed E-state index contributed by atoms with van der Waals surface area (Å²) in [5.74, 6) is -0.997. The number of carbonyl (C=O) groups excluding carboxylic acids is 3. The molecule has 1 fully saturated rings. The fourth-order valence-electron chi connectivity index (χ4n) is 4.43. The van der Waals surface area contributed by atoms with Gasteiger partial charge in [0.25, 0.3) is 11.6 Å². The van der Waals surface area contributed by atoms with E-state index in [9.17, 15) is 24.5 Å². The Labute approximate surface area is 199 Å². The van der Waals surface area contributed by atoms with Gasteiger partial charge in [0, 0.05) is 23.0 Å². The minimum Gasteiger partial charge on any atom is -0.354 e. The van der Waals surface area contributed by atoms with Crippen molar-refractivity contribution in [2.75, 3.05) is 6.54 Å². The Morgan fingerprint density at radius 3 is 2.31 bits per heavy atom. The summed E-state index contributed by atoms with van der Waals surface area (Å²) in [6.07, 6.45) is 0. The normalized spacial score (nSPS) is 17.6. The van der Waals surface area contributed by atoms with Gasteiger partial charge in [-0.05, 0) is 36.2 Å². The Morgan fingerprint density at radius 1 is 0.971 bits per heavy atom. The van der Waals surface area contributed by atoms with Crippen LogP contribution in [0, 0.1) is 10.1 Å². The number of Topliss-reactive ketones (excluding diaryl/α,β-unsaturated/α-hetero) is 1. The first-order chi connectivity index (χ1) is 16.8. The summed E-state index contributed by atoms with van der Waals surface area (Å²) in [6.45, 7) is 1.06. The molecule has 0 unspecified atom stereocenters. The molecule has 1 atom stereocenters. The molecule has 1 aromatic heterocycles. The van der Waals surface area contributed by atoms with Crippen molar-refractivity contribution in [1.82, 2.24) is 15.2 Å². The van der Waals surface area contributed by atoms with Crippen molar-refractivity contribution in [3.05, 3.63) is 100 Å². The Kier molecular flexibility index (Phi) is 5.17. The van der Waals surface area contributed by atoms with E-state index in [1.165, 1.54) is 31.2 Å². The van der Waals surface area contributed by atoms with Crippen LogP contribution in [0.4, 0.5) is 10.5 Å². The first kappa shape index (κ1) is 22.0. The highest BCUT2D eigenvalue weighted by Gasteiger charge is 2.49. The number of aromatic nitrogens is 1. The summed E-state index contributed by atoms with van der Waals surface area (Å²) >= 11 is 0. The van der Waals surface area contributed by atoms with Crippen molar-refractivity contribution in [1.29, 1.82) is 0 Å². The smallest absolute Gasteiger partial charge is 0.325 e. The highest BCUT2D eigenvalue weighted by molar-refractivity contribution is 6.17. The summed E-state index contributed by atoms with van der Waals surface area (Å²) in [6, 6.07) is 21.4. The fourth-order valence-corrected chi connectivity index (χ4v) is 4.43. The standard InChI is InChI=1S/C26H20N4O5/c1-26(17-11-13-18(14-12-17)30(34)35)24(32)29(25(33)28-26)15-21(31)22-19-9-5-6-10-20(19)27-23(22)16-7-3-2-4-8-16/h2-14,27H,15H2,1H3,(H,28,33)/t26-/m1/s1. The van der Waals surface area contributed by atoms with Gasteiger partial charge in [0.15, 0.2) is 5.78 Å². The quantitative estimate of drug-likeness (QED) is 0.188. The van der Waals surface area contributed by atoms with Gasteiger partial charge >= 0.3 is 6.03 Å². The fraction of sp³-hybridized carbons (Fsp3) is 0.115. The van der Waals surface area contributed by atoms with Crippen LogP contribution in [0.3, 0.4) is 0 Å². The lowest BCUT2D eigenvalue weighted by Gasteiger charge is -2.22. The van der Waals surface area contributed by atoms with Crippen LogP contribution in [-0.4, -0.2) is 39.1 Å². The summed E-state index contributed by atoms with van der Waals surface area (Å²) in [5.41, 5.74) is 1.39. The van der Waals surface area contributed by atoms with E-state index in [1.807, 2.05) is 54.6 Å². The van der Waals surface area contributed by atoms with E-state index in [0.717, 1.165) is 16.0 Å². The van der Waals surface area contributed by atoms with Crippen LogP contribution < -0.4 is 5.32 Å². The Balaban J connectivity index is 1.48. The van der Waals surface area contributed by atoms with E-state index in [-0.39, 0.29) is 5.69 Å². The van der Waals surface area contributed by atoms with Crippen LogP contribution in [0.25, 0.3) is 22.2 Å². The number of nitro groups is 1. The molecular weight excluding hydrogens is 448 g/mol. The zero-order valence-corrected chi connectivity index (χ0v) is 18.6. The van der Waals surface area contributed by atoms with Gasteiger partial charge in [0.1, 0.15) is 5.54 Å². The van der Waals surface area contributed by atoms with Gasteiger partial charge in [0.05, 0.1) is 22.7 Å². The monoisotopic (exact) mass is 468 g/mol. The maximum atomic E-state index is 13.6. The number of nitrogens with zero attached hydrogens (tertiary/aromatic N) is 2. The average molecular weight is 468 g/mol. The van der Waals surface area contributed by atoms with Gasteiger partial charge in [0.2, 0.25) is 0 Å². The van der Waals surface area contributed by atoms with Crippen LogP contribution in [0.15, 0.2) is 78.9 Å². The first-order valence-corrected chi connectivity index (χ1v) is 10.9. The van der Waals surface area contributed by atoms with Gasteiger partial charge < -0.3 is 10.3 Å². The minimum absolute atomic E-state index is 0.131. The second-order valence-electron chi connectivity index (χ2n) is 8.46. The number of imide groups is 1. The second-order valence-corrected chi connectivity index (χ2v) is 8.46. The number of urea groups is 1. The van der Waals surface area contributed by atoms with Gasteiger partial charge in [-0.2, -0.15) is 0 Å². The molecule has 2 N–H and O–H groups in total. The summed E-state index contributed by atoms with van der Waals surface area (Å²) in [7, 11) is 0. The third-order valence-electron chi connectivity index (χ3n) is 6.28. The predicted octanol–water partition coefficient (Wildman–Crippen LogP) is 4.39. The van der Waals surface area contributed by atoms with Crippen LogP contribution in [0.5, 0.6) is 0 Å². The minimum atomic E-state index is -1.45. The summed E-state index contributed by atoms with van der Waals surface area (Å²) < 4.78 is 0. The molecule has 3 aromatic carbocycles. The van der Waals surface area contributed by atoms with E-state index in [1.54, 1.807) is 0 Å². The number of para-hydroxylation sites is 1. The molecule has 1 aliphatic rings. The van der Waals surface area contributed by atoms with Gasteiger partial charge in [-0.25, -0.2) is 4.79 Å². The molecule has 2 heterocycles. The molecule has 9 heteroatoms. The van der Waals surface area contributed by atoms with Crippen LogP contribution in [0.2, 0.25) is 0 Å². The number of H-pyrrole nitrogens is 1. The molecule has 0 bridgehead atoms. The van der Waals surface area contributed by atoms with Crippen molar-refractivity contribution in [2.45, 2.75) is 12.5 Å². The van der Waals surface area contributed by atoms with Crippen LogP contribution in [-0.2, 0) is 10.3 Å². The molecule has 0 radical (unpaired) electrons. The SMILES string of the molecule is C[C@]1(c2ccc([N+](=O)[O-])cc2)NC(=O)N(CC(=O)c2c(-c3ccccc3)[nH]c3ccccc23)C1=O. The molecule has 1 aliphatic heterocycles. The number of benzene rings is 3. The molecule has 0 saturated carbocycles. The molecule has 1 saturated heterocycles. The number of nitrogens with one attached hydrogen (secondary N) is 2. The second kappa shape index (κ2) is 8.21. The highest BCUT2D eigenvalue weighted by atomic mass is 16.6. The van der Waals surface area contributed by atoms with Crippen molar-refractivity contribution < 1.29 is 19.3 Å². The Hall–Kier alpha value is -4.79. The van der Waals surface area contributed by atoms with Crippen molar-refractivity contribution in [2.24, 2.45) is 0 Å². The maximum absolute atomic E-state index is 13.6. The van der Waals surface area contributed by atoms with E-state index in [0.29, 0.717) is 22.2 Å². The molecule has 35 heavy (non-hydrogen) atoms. The number of carbonyl (C=O) groups is 3. The molecule has 4 aromatic rings. The summed E-state index contributed by atoms with van der Waals surface area (Å²) in [5, 5.41) is 14.3. The molecule has 174 valence electrons. The number of ketones is 1. The lowest BCUT2D eigenvalue weighted by Crippen LogP contribution is -2.41. The van der Waals surface area contributed by atoms with E-state index in [4.69, 9.17) is 0 Å². The molecule has 0 aliphatic carbocycles. The lowest BCUT2D eigenvalue weighted by atomic mass is 9.91. The lowest BCUT2D eigenvalue weighted by molar-refractivity contribution is -0.384. The van der Waals surface area contributed by atoms with E-state index < -0.39 is 34.7 Å². The van der Waals surface area contributed by atoms with Gasteiger partial charge in [-0.1, -0.05) is 48.5 Å². The third kappa shape index (κ3) is 3.63. The zero-order chi connectivity index (χ0) is 24.7. The number of hydrogen-bond acceptors (Lipinski definition) is 5. The molecular formula is C26H20N4O5. The van der Waals surface area contributed by atoms with Crippen LogP contribution in [0.1, 0.15) is 22.8 Å². The van der Waals surface area contributed by atoms with Gasteiger partial charge in [-0.15, -0.1) is 0 Å². The van der Waals surface area contributed by atoms with Gasteiger partial charge in [-0.3, -0.25) is 24.6 Å².